The first kappa shape index (κ1) is 18.6. The molecule has 6 heteroatoms. The minimum atomic E-state index is -0.441. The fourth-order valence-corrected chi connectivity index (χ4v) is 4.17. The molecule has 0 unspecified atom stereocenters. The van der Waals surface area contributed by atoms with Gasteiger partial charge in [0.1, 0.15) is 0 Å². The van der Waals surface area contributed by atoms with Gasteiger partial charge in [-0.2, -0.15) is 0 Å². The molecule has 0 N–H and O–H groups in total. The number of fused-ring (bicyclic) bond motifs is 1. The number of ether oxygens (including phenoxy) is 1. The van der Waals surface area contributed by atoms with Crippen LogP contribution in [0.4, 0.5) is 0 Å². The second-order valence-electron chi connectivity index (χ2n) is 7.55. The molecule has 0 saturated heterocycles. The van der Waals surface area contributed by atoms with E-state index in [4.69, 9.17) is 9.72 Å². The highest BCUT2D eigenvalue weighted by molar-refractivity contribution is 5.90. The molecular weight excluding hydrogens is 352 g/mol. The number of benzene rings is 1. The van der Waals surface area contributed by atoms with E-state index in [0.717, 1.165) is 22.3 Å². The smallest absolute Gasteiger partial charge is 0.360 e. The summed E-state index contributed by atoms with van der Waals surface area (Å²) in [5.41, 5.74) is 5.03. The van der Waals surface area contributed by atoms with Crippen molar-refractivity contribution >= 4 is 16.9 Å². The summed E-state index contributed by atoms with van der Waals surface area (Å²) < 4.78 is 6.83. The third-order valence-electron chi connectivity index (χ3n) is 5.61. The molecule has 4 rings (SSSR count). The monoisotopic (exact) mass is 378 g/mol. The number of esters is 1. The molecule has 2 heterocycles. The van der Waals surface area contributed by atoms with Gasteiger partial charge in [0, 0.05) is 11.1 Å². The molecular formula is C22H26N4O2. The summed E-state index contributed by atoms with van der Waals surface area (Å²) in [6.07, 6.45) is 6.43. The van der Waals surface area contributed by atoms with Crippen molar-refractivity contribution in [2.75, 3.05) is 6.61 Å². The molecule has 0 radical (unpaired) electrons. The van der Waals surface area contributed by atoms with Crippen LogP contribution in [-0.2, 0) is 4.74 Å². The van der Waals surface area contributed by atoms with E-state index >= 15 is 0 Å². The van der Waals surface area contributed by atoms with Gasteiger partial charge in [-0.25, -0.2) is 9.48 Å². The third kappa shape index (κ3) is 3.39. The summed E-state index contributed by atoms with van der Waals surface area (Å²) in [6.45, 7) is 5.91. The van der Waals surface area contributed by atoms with E-state index in [-0.39, 0.29) is 5.69 Å². The van der Waals surface area contributed by atoms with Crippen LogP contribution in [0.2, 0.25) is 0 Å². The van der Waals surface area contributed by atoms with E-state index in [9.17, 15) is 4.79 Å². The van der Waals surface area contributed by atoms with Crippen molar-refractivity contribution in [2.45, 2.75) is 58.8 Å². The lowest BCUT2D eigenvalue weighted by Gasteiger charge is -2.22. The van der Waals surface area contributed by atoms with E-state index in [1.54, 1.807) is 11.6 Å². The number of carbonyl (C=O) groups excluding carboxylic acids is 1. The topological polar surface area (TPSA) is 69.9 Å². The van der Waals surface area contributed by atoms with Crippen LogP contribution < -0.4 is 0 Å². The standard InChI is InChI=1S/C22H26N4O2/c1-4-28-22(27)21-15(3)26(25-24-21)20-12-14(2)23-19-11-10-17(13-18(19)20)16-8-6-5-7-9-16/h10-13,16H,4-9H2,1-3H3. The zero-order chi connectivity index (χ0) is 19.7. The van der Waals surface area contributed by atoms with Gasteiger partial charge in [-0.05, 0) is 63.3 Å². The Morgan fingerprint density at radius 1 is 1.18 bits per heavy atom. The Balaban J connectivity index is 1.83. The van der Waals surface area contributed by atoms with Crippen molar-refractivity contribution in [2.24, 2.45) is 0 Å². The molecule has 0 amide bonds. The predicted molar refractivity (Wildman–Crippen MR) is 108 cm³/mol. The first-order chi connectivity index (χ1) is 13.6. The van der Waals surface area contributed by atoms with Gasteiger partial charge in [0.05, 0.1) is 23.5 Å². The zero-order valence-corrected chi connectivity index (χ0v) is 16.7. The fourth-order valence-electron chi connectivity index (χ4n) is 4.17. The van der Waals surface area contributed by atoms with Crippen LogP contribution in [0.15, 0.2) is 24.3 Å². The molecule has 0 aliphatic heterocycles. The molecule has 2 aromatic heterocycles. The number of pyridine rings is 1. The largest absolute Gasteiger partial charge is 0.461 e. The molecule has 6 nitrogen and oxygen atoms in total. The van der Waals surface area contributed by atoms with Gasteiger partial charge in [0.2, 0.25) is 0 Å². The Kier molecular flexibility index (Phi) is 5.11. The molecule has 0 spiro atoms. The van der Waals surface area contributed by atoms with Gasteiger partial charge in [0.15, 0.2) is 5.69 Å². The van der Waals surface area contributed by atoms with Crippen molar-refractivity contribution in [1.29, 1.82) is 0 Å². The van der Waals surface area contributed by atoms with Crippen LogP contribution in [0.1, 0.15) is 72.4 Å². The zero-order valence-electron chi connectivity index (χ0n) is 16.7. The Morgan fingerprint density at radius 3 is 2.71 bits per heavy atom. The number of nitrogens with zero attached hydrogens (tertiary/aromatic N) is 4. The highest BCUT2D eigenvalue weighted by atomic mass is 16.5. The number of aromatic nitrogens is 4. The van der Waals surface area contributed by atoms with Gasteiger partial charge >= 0.3 is 5.97 Å². The first-order valence-corrected chi connectivity index (χ1v) is 10.1. The van der Waals surface area contributed by atoms with E-state index in [1.807, 2.05) is 19.9 Å². The quantitative estimate of drug-likeness (QED) is 0.618. The maximum atomic E-state index is 12.2. The second kappa shape index (κ2) is 7.70. The number of rotatable bonds is 4. The first-order valence-electron chi connectivity index (χ1n) is 10.1. The van der Waals surface area contributed by atoms with E-state index in [0.29, 0.717) is 18.2 Å². The lowest BCUT2D eigenvalue weighted by molar-refractivity contribution is 0.0518. The van der Waals surface area contributed by atoms with Gasteiger partial charge in [-0.3, -0.25) is 4.98 Å². The Labute approximate surface area is 164 Å². The summed E-state index contributed by atoms with van der Waals surface area (Å²) in [5, 5.41) is 9.38. The number of hydrogen-bond acceptors (Lipinski definition) is 5. The number of aryl methyl sites for hydroxylation is 1. The lowest BCUT2D eigenvalue weighted by Crippen LogP contribution is -2.08. The van der Waals surface area contributed by atoms with Gasteiger partial charge in [-0.15, -0.1) is 5.10 Å². The fraction of sp³-hybridized carbons (Fsp3) is 0.455. The van der Waals surface area contributed by atoms with Crippen molar-refractivity contribution < 1.29 is 9.53 Å². The van der Waals surface area contributed by atoms with E-state index in [1.165, 1.54) is 37.7 Å². The molecule has 3 aromatic rings. The van der Waals surface area contributed by atoms with Gasteiger partial charge < -0.3 is 4.74 Å². The van der Waals surface area contributed by atoms with E-state index < -0.39 is 5.97 Å². The minimum absolute atomic E-state index is 0.257. The highest BCUT2D eigenvalue weighted by Gasteiger charge is 2.21. The van der Waals surface area contributed by atoms with Crippen molar-refractivity contribution in [3.63, 3.8) is 0 Å². The van der Waals surface area contributed by atoms with Gasteiger partial charge in [-0.1, -0.05) is 30.5 Å². The summed E-state index contributed by atoms with van der Waals surface area (Å²) in [6, 6.07) is 8.57. The maximum Gasteiger partial charge on any atom is 0.360 e. The minimum Gasteiger partial charge on any atom is -0.461 e. The summed E-state index contributed by atoms with van der Waals surface area (Å²) in [4.78, 5) is 16.8. The van der Waals surface area contributed by atoms with Crippen molar-refractivity contribution in [1.82, 2.24) is 20.0 Å². The van der Waals surface area contributed by atoms with Crippen molar-refractivity contribution in [3.8, 4) is 5.69 Å². The Morgan fingerprint density at radius 2 is 1.96 bits per heavy atom. The third-order valence-corrected chi connectivity index (χ3v) is 5.61. The summed E-state index contributed by atoms with van der Waals surface area (Å²) in [7, 11) is 0. The second-order valence-corrected chi connectivity index (χ2v) is 7.55. The molecule has 0 bridgehead atoms. The molecule has 28 heavy (non-hydrogen) atoms. The highest BCUT2D eigenvalue weighted by Crippen LogP contribution is 2.35. The number of carbonyl (C=O) groups is 1. The normalized spacial score (nSPS) is 15.1. The van der Waals surface area contributed by atoms with Crippen LogP contribution in [-0.4, -0.2) is 32.6 Å². The maximum absolute atomic E-state index is 12.2. The SMILES string of the molecule is CCOC(=O)c1nnn(-c2cc(C)nc3ccc(C4CCCCC4)cc23)c1C. The molecule has 1 aliphatic carbocycles. The van der Waals surface area contributed by atoms with Crippen LogP contribution in [0.25, 0.3) is 16.6 Å². The molecule has 1 saturated carbocycles. The average molecular weight is 378 g/mol. The van der Waals surface area contributed by atoms with E-state index in [2.05, 4.69) is 28.5 Å². The predicted octanol–water partition coefficient (Wildman–Crippen LogP) is 4.66. The molecule has 1 aliphatic rings. The molecule has 0 atom stereocenters. The lowest BCUT2D eigenvalue weighted by atomic mass is 9.83. The average Bonchev–Trinajstić information content (AvgIpc) is 3.09. The molecule has 1 fully saturated rings. The van der Waals surface area contributed by atoms with Crippen LogP contribution >= 0.6 is 0 Å². The molecule has 1 aromatic carbocycles. The molecule has 146 valence electrons. The summed E-state index contributed by atoms with van der Waals surface area (Å²) in [5.74, 6) is 0.170. The van der Waals surface area contributed by atoms with Crippen LogP contribution in [0.3, 0.4) is 0 Å². The van der Waals surface area contributed by atoms with Crippen molar-refractivity contribution in [3.05, 3.63) is 46.9 Å². The Hall–Kier alpha value is -2.76. The van der Waals surface area contributed by atoms with Crippen LogP contribution in [0.5, 0.6) is 0 Å². The van der Waals surface area contributed by atoms with Gasteiger partial charge in [0.25, 0.3) is 0 Å². The Bertz CT molecular complexity index is 1020. The number of hydrogen-bond donors (Lipinski definition) is 0. The summed E-state index contributed by atoms with van der Waals surface area (Å²) >= 11 is 0. The van der Waals surface area contributed by atoms with Crippen LogP contribution in [0, 0.1) is 13.8 Å².